The summed E-state index contributed by atoms with van der Waals surface area (Å²) in [5.41, 5.74) is 1.01. The van der Waals surface area contributed by atoms with Gasteiger partial charge in [0.05, 0.1) is 11.9 Å². The van der Waals surface area contributed by atoms with Gasteiger partial charge in [-0.1, -0.05) is 25.0 Å². The van der Waals surface area contributed by atoms with Gasteiger partial charge in [0, 0.05) is 12.6 Å². The molecule has 0 aliphatic heterocycles. The normalized spacial score (nSPS) is 15.3. The fraction of sp³-hybridized carbons (Fsp3) is 0.474. The number of carbonyl (C=O) groups excluding carboxylic acids is 3. The Bertz CT molecular complexity index is 925. The Morgan fingerprint density at radius 3 is 2.71 bits per heavy atom. The number of hydrogen-bond donors (Lipinski definition) is 2. The van der Waals surface area contributed by atoms with Gasteiger partial charge in [-0.05, 0) is 31.9 Å². The third kappa shape index (κ3) is 4.79. The molecular weight excluding hydrogens is 366 g/mol. The van der Waals surface area contributed by atoms with Gasteiger partial charge in [-0.15, -0.1) is 0 Å². The molecule has 0 bridgehead atoms. The molecule has 1 aromatic heterocycles. The molecule has 1 aromatic carbocycles. The first-order chi connectivity index (χ1) is 13.4. The first-order valence-corrected chi connectivity index (χ1v) is 9.33. The minimum absolute atomic E-state index is 0.0607. The molecule has 2 aromatic rings. The number of oxazole rings is 1. The number of rotatable bonds is 6. The van der Waals surface area contributed by atoms with E-state index in [1.165, 1.54) is 11.5 Å². The molecule has 0 saturated heterocycles. The molecule has 9 nitrogen and oxygen atoms in total. The van der Waals surface area contributed by atoms with E-state index in [0.717, 1.165) is 25.7 Å². The second-order valence-electron chi connectivity index (χ2n) is 6.81. The summed E-state index contributed by atoms with van der Waals surface area (Å²) in [5.74, 6) is -1.92. The average Bonchev–Trinajstić information content (AvgIpc) is 3.26. The molecule has 1 fully saturated rings. The fourth-order valence-corrected chi connectivity index (χ4v) is 3.24. The Morgan fingerprint density at radius 1 is 1.25 bits per heavy atom. The number of carbonyl (C=O) groups is 3. The molecule has 0 unspecified atom stereocenters. The first-order valence-electron chi connectivity index (χ1n) is 9.33. The summed E-state index contributed by atoms with van der Waals surface area (Å²) in [5, 5.41) is 4.90. The molecule has 3 rings (SSSR count). The molecule has 28 heavy (non-hydrogen) atoms. The number of benzene rings is 1. The van der Waals surface area contributed by atoms with Crippen LogP contribution in [0.15, 0.2) is 33.5 Å². The smallest absolute Gasteiger partial charge is 0.419 e. The Morgan fingerprint density at radius 2 is 1.96 bits per heavy atom. The van der Waals surface area contributed by atoms with Gasteiger partial charge in [0.25, 0.3) is 5.91 Å². The van der Waals surface area contributed by atoms with Gasteiger partial charge in [0.2, 0.25) is 0 Å². The third-order valence-electron chi connectivity index (χ3n) is 4.72. The van der Waals surface area contributed by atoms with Gasteiger partial charge >= 0.3 is 17.8 Å². The fourth-order valence-electron chi connectivity index (χ4n) is 3.24. The van der Waals surface area contributed by atoms with Crippen molar-refractivity contribution in [3.63, 3.8) is 0 Å². The number of imide groups is 1. The molecule has 0 radical (unpaired) electrons. The maximum absolute atomic E-state index is 12.0. The lowest BCUT2D eigenvalue weighted by atomic mass is 10.2. The van der Waals surface area contributed by atoms with E-state index < -0.39 is 29.8 Å². The number of amides is 3. The predicted octanol–water partition coefficient (Wildman–Crippen LogP) is 1.68. The van der Waals surface area contributed by atoms with Crippen LogP contribution < -0.4 is 16.4 Å². The monoisotopic (exact) mass is 389 g/mol. The molecule has 150 valence electrons. The SMILES string of the molecule is C[C@@H](OC(=O)CCn1c(=O)oc2ccccc21)C(=O)NC(=O)NC1CCCC1. The summed E-state index contributed by atoms with van der Waals surface area (Å²) in [6.45, 7) is 1.45. The molecule has 2 N–H and O–H groups in total. The number of nitrogens with one attached hydrogen (secondary N) is 2. The summed E-state index contributed by atoms with van der Waals surface area (Å²) in [6, 6.07) is 6.37. The topological polar surface area (TPSA) is 120 Å². The average molecular weight is 389 g/mol. The van der Waals surface area contributed by atoms with Crippen LogP contribution in [0.4, 0.5) is 4.79 Å². The minimum Gasteiger partial charge on any atom is -0.452 e. The van der Waals surface area contributed by atoms with Crippen molar-refractivity contribution in [2.75, 3.05) is 0 Å². The Balaban J connectivity index is 1.47. The maximum Gasteiger partial charge on any atom is 0.419 e. The number of fused-ring (bicyclic) bond motifs is 1. The third-order valence-corrected chi connectivity index (χ3v) is 4.72. The number of nitrogens with zero attached hydrogens (tertiary/aromatic N) is 1. The van der Waals surface area contributed by atoms with Crippen LogP contribution in [0, 0.1) is 0 Å². The number of hydrogen-bond acceptors (Lipinski definition) is 6. The van der Waals surface area contributed by atoms with Crippen LogP contribution in [0.3, 0.4) is 0 Å². The molecule has 1 atom stereocenters. The van der Waals surface area contributed by atoms with Crippen molar-refractivity contribution in [3.8, 4) is 0 Å². The highest BCUT2D eigenvalue weighted by Gasteiger charge is 2.23. The second kappa shape index (κ2) is 8.73. The van der Waals surface area contributed by atoms with E-state index in [1.54, 1.807) is 24.3 Å². The van der Waals surface area contributed by atoms with Crippen LogP contribution in [0.2, 0.25) is 0 Å². The van der Waals surface area contributed by atoms with Gasteiger partial charge in [0.15, 0.2) is 11.7 Å². The molecule has 9 heteroatoms. The Hall–Kier alpha value is -3.10. The summed E-state index contributed by atoms with van der Waals surface area (Å²) >= 11 is 0. The van der Waals surface area contributed by atoms with E-state index in [2.05, 4.69) is 10.6 Å². The number of aromatic nitrogens is 1. The van der Waals surface area contributed by atoms with Crippen molar-refractivity contribution in [2.45, 2.75) is 57.7 Å². The lowest BCUT2D eigenvalue weighted by Gasteiger charge is -2.15. The van der Waals surface area contributed by atoms with Crippen molar-refractivity contribution in [1.29, 1.82) is 0 Å². The van der Waals surface area contributed by atoms with Crippen molar-refractivity contribution in [3.05, 3.63) is 34.8 Å². The van der Waals surface area contributed by atoms with Crippen LogP contribution in [-0.4, -0.2) is 34.6 Å². The van der Waals surface area contributed by atoms with Crippen LogP contribution in [-0.2, 0) is 20.9 Å². The van der Waals surface area contributed by atoms with Gasteiger partial charge in [-0.3, -0.25) is 19.5 Å². The molecule has 1 aliphatic rings. The van der Waals surface area contributed by atoms with Crippen molar-refractivity contribution in [2.24, 2.45) is 0 Å². The van der Waals surface area contributed by atoms with Gasteiger partial charge in [-0.2, -0.15) is 0 Å². The number of ether oxygens (including phenoxy) is 1. The van der Waals surface area contributed by atoms with Gasteiger partial charge in [-0.25, -0.2) is 9.59 Å². The summed E-state index contributed by atoms with van der Waals surface area (Å²) in [4.78, 5) is 47.7. The van der Waals surface area contributed by atoms with Crippen molar-refractivity contribution in [1.82, 2.24) is 15.2 Å². The highest BCUT2D eigenvalue weighted by atomic mass is 16.5. The first kappa shape index (κ1) is 19.7. The summed E-state index contributed by atoms with van der Waals surface area (Å²) < 4.78 is 11.5. The predicted molar refractivity (Wildman–Crippen MR) is 99.6 cm³/mol. The van der Waals surface area contributed by atoms with E-state index in [4.69, 9.17) is 9.15 Å². The Kier molecular flexibility index (Phi) is 6.13. The molecular formula is C19H23N3O6. The quantitative estimate of drug-likeness (QED) is 0.726. The van der Waals surface area contributed by atoms with Crippen LogP contribution in [0.5, 0.6) is 0 Å². The largest absolute Gasteiger partial charge is 0.452 e. The zero-order valence-corrected chi connectivity index (χ0v) is 15.6. The standard InChI is InChI=1S/C19H23N3O6/c1-12(17(24)21-18(25)20-13-6-2-3-7-13)27-16(23)10-11-22-14-8-4-5-9-15(14)28-19(22)26/h4-5,8-9,12-13H,2-3,6-7,10-11H2,1H3,(H2,20,21,24,25)/t12-/m1/s1. The molecule has 1 aliphatic carbocycles. The number of esters is 1. The highest BCUT2D eigenvalue weighted by molar-refractivity contribution is 5.97. The van der Waals surface area contributed by atoms with E-state index in [0.29, 0.717) is 11.1 Å². The van der Waals surface area contributed by atoms with Gasteiger partial charge in [0.1, 0.15) is 0 Å². The summed E-state index contributed by atoms with van der Waals surface area (Å²) in [7, 11) is 0. The van der Waals surface area contributed by atoms with Crippen LogP contribution in [0.1, 0.15) is 39.0 Å². The molecule has 3 amide bonds. The lowest BCUT2D eigenvalue weighted by Crippen LogP contribution is -2.47. The minimum atomic E-state index is -1.13. The summed E-state index contributed by atoms with van der Waals surface area (Å²) in [6.07, 6.45) is 2.67. The Labute approximate surface area is 161 Å². The van der Waals surface area contributed by atoms with Crippen LogP contribution >= 0.6 is 0 Å². The molecule has 1 saturated carbocycles. The van der Waals surface area contributed by atoms with Crippen molar-refractivity contribution >= 4 is 29.0 Å². The van der Waals surface area contributed by atoms with E-state index in [9.17, 15) is 19.2 Å². The number of urea groups is 1. The molecule has 1 heterocycles. The van der Waals surface area contributed by atoms with E-state index >= 15 is 0 Å². The maximum atomic E-state index is 12.0. The number of para-hydroxylation sites is 2. The lowest BCUT2D eigenvalue weighted by molar-refractivity contribution is -0.154. The number of aryl methyl sites for hydroxylation is 1. The van der Waals surface area contributed by atoms with Crippen LogP contribution in [0.25, 0.3) is 11.1 Å². The second-order valence-corrected chi connectivity index (χ2v) is 6.81. The van der Waals surface area contributed by atoms with E-state index in [-0.39, 0.29) is 19.0 Å². The highest BCUT2D eigenvalue weighted by Crippen LogP contribution is 2.17. The van der Waals surface area contributed by atoms with Crippen molar-refractivity contribution < 1.29 is 23.5 Å². The van der Waals surface area contributed by atoms with Gasteiger partial charge < -0.3 is 14.5 Å². The molecule has 0 spiro atoms. The zero-order valence-electron chi connectivity index (χ0n) is 15.6. The zero-order chi connectivity index (χ0) is 20.1. The van der Waals surface area contributed by atoms with E-state index in [1.807, 2.05) is 0 Å².